The number of ketones is 1. The minimum Gasteiger partial charge on any atom is -0.493 e. The summed E-state index contributed by atoms with van der Waals surface area (Å²) in [6, 6.07) is 3.61. The van der Waals surface area contributed by atoms with E-state index in [0.29, 0.717) is 37.3 Å². The van der Waals surface area contributed by atoms with Crippen molar-refractivity contribution in [2.24, 2.45) is 5.92 Å². The van der Waals surface area contributed by atoms with Crippen LogP contribution in [0.15, 0.2) is 12.1 Å². The number of amides is 1. The first kappa shape index (κ1) is 16.8. The number of aliphatic hydroxyl groups is 1. The maximum absolute atomic E-state index is 13.2. The van der Waals surface area contributed by atoms with Gasteiger partial charge in [0.25, 0.3) is 0 Å². The number of hydrogen-bond acceptors (Lipinski definition) is 5. The standard InChI is InChI=1S/C22H25NO5/c1-27-15-6-5-13-11-16-22(26)8-7-14(24)19-21(22,17(13)18(15)28-19)9-10-23(16)20(25)12-3-2-4-12/h5-6,12,16,19,26H,2-4,7-11H2,1H3/t16-,19?,21?,22-/m0/s1. The third-order valence-corrected chi connectivity index (χ3v) is 8.20. The lowest BCUT2D eigenvalue weighted by Crippen LogP contribution is -2.77. The van der Waals surface area contributed by atoms with Crippen molar-refractivity contribution in [3.63, 3.8) is 0 Å². The summed E-state index contributed by atoms with van der Waals surface area (Å²) in [5.74, 6) is 1.57. The molecule has 4 atom stereocenters. The summed E-state index contributed by atoms with van der Waals surface area (Å²) in [6.07, 6.45) is 4.17. The van der Waals surface area contributed by atoms with Gasteiger partial charge in [0.05, 0.1) is 24.2 Å². The number of nitrogens with zero attached hydrogens (tertiary/aromatic N) is 1. The van der Waals surface area contributed by atoms with Gasteiger partial charge in [0, 0.05) is 24.4 Å². The quantitative estimate of drug-likeness (QED) is 0.842. The van der Waals surface area contributed by atoms with Gasteiger partial charge in [-0.3, -0.25) is 9.59 Å². The van der Waals surface area contributed by atoms with Crippen LogP contribution in [-0.2, 0) is 21.4 Å². The number of methoxy groups -OCH3 is 1. The number of likely N-dealkylation sites (tertiary alicyclic amines) is 1. The molecule has 0 aromatic heterocycles. The van der Waals surface area contributed by atoms with Crippen molar-refractivity contribution in [1.82, 2.24) is 4.90 Å². The lowest BCUT2D eigenvalue weighted by Gasteiger charge is -2.62. The predicted molar refractivity (Wildman–Crippen MR) is 99.4 cm³/mol. The van der Waals surface area contributed by atoms with E-state index in [1.165, 1.54) is 0 Å². The highest BCUT2D eigenvalue weighted by atomic mass is 16.5. The number of piperidine rings is 1. The third-order valence-electron chi connectivity index (χ3n) is 8.20. The molecule has 1 aromatic rings. The maximum atomic E-state index is 13.2. The largest absolute Gasteiger partial charge is 0.493 e. The monoisotopic (exact) mass is 383 g/mol. The molecule has 2 bridgehead atoms. The Morgan fingerprint density at radius 2 is 2.14 bits per heavy atom. The molecule has 2 saturated carbocycles. The van der Waals surface area contributed by atoms with Crippen molar-refractivity contribution in [3.8, 4) is 11.5 Å². The fraction of sp³-hybridized carbons (Fsp3) is 0.636. The maximum Gasteiger partial charge on any atom is 0.226 e. The zero-order valence-corrected chi connectivity index (χ0v) is 16.1. The van der Waals surface area contributed by atoms with E-state index >= 15 is 0 Å². The molecule has 1 saturated heterocycles. The molecule has 6 nitrogen and oxygen atoms in total. The Balaban J connectivity index is 1.55. The van der Waals surface area contributed by atoms with E-state index in [1.807, 2.05) is 17.0 Å². The molecule has 0 radical (unpaired) electrons. The minimum atomic E-state index is -1.13. The van der Waals surface area contributed by atoms with Crippen LogP contribution in [0.1, 0.15) is 49.7 Å². The zero-order chi connectivity index (χ0) is 19.3. The highest BCUT2D eigenvalue weighted by Gasteiger charge is 2.73. The number of hydrogen-bond donors (Lipinski definition) is 1. The van der Waals surface area contributed by atoms with Gasteiger partial charge in [-0.2, -0.15) is 0 Å². The Hall–Kier alpha value is -2.08. The van der Waals surface area contributed by atoms with Crippen LogP contribution in [0.3, 0.4) is 0 Å². The summed E-state index contributed by atoms with van der Waals surface area (Å²) in [4.78, 5) is 28.0. The van der Waals surface area contributed by atoms with E-state index in [9.17, 15) is 14.7 Å². The summed E-state index contributed by atoms with van der Waals surface area (Å²) in [7, 11) is 1.60. The van der Waals surface area contributed by atoms with Crippen LogP contribution in [0.4, 0.5) is 0 Å². The molecule has 1 amide bonds. The van der Waals surface area contributed by atoms with Crippen molar-refractivity contribution < 1.29 is 24.2 Å². The lowest BCUT2D eigenvalue weighted by atomic mass is 9.49. The summed E-state index contributed by atoms with van der Waals surface area (Å²) in [6.45, 7) is 0.575. The Labute approximate surface area is 163 Å². The lowest BCUT2D eigenvalue weighted by molar-refractivity contribution is -0.195. The summed E-state index contributed by atoms with van der Waals surface area (Å²) in [5.41, 5.74) is 0.141. The van der Waals surface area contributed by atoms with Crippen molar-refractivity contribution >= 4 is 11.7 Å². The number of rotatable bonds is 2. The number of Topliss-reactive ketones (excluding diaryl/α,β-unsaturated/α-hetero) is 1. The zero-order valence-electron chi connectivity index (χ0n) is 16.1. The van der Waals surface area contributed by atoms with Gasteiger partial charge in [0.2, 0.25) is 5.91 Å². The topological polar surface area (TPSA) is 76.1 Å². The average molecular weight is 383 g/mol. The molecule has 148 valence electrons. The van der Waals surface area contributed by atoms with Gasteiger partial charge in [-0.1, -0.05) is 12.5 Å². The highest BCUT2D eigenvalue weighted by Crippen LogP contribution is 2.65. The van der Waals surface area contributed by atoms with E-state index in [1.54, 1.807) is 7.11 Å². The van der Waals surface area contributed by atoms with Gasteiger partial charge >= 0.3 is 0 Å². The SMILES string of the molecule is COc1ccc2c3c1OC1C(=O)CC[C@]4(O)[C@H](C2)N(C(=O)C2CCC2)CCC314. The molecule has 2 unspecified atom stereocenters. The summed E-state index contributed by atoms with van der Waals surface area (Å²) < 4.78 is 11.7. The molecular weight excluding hydrogens is 358 g/mol. The van der Waals surface area contributed by atoms with Crippen LogP contribution in [0.2, 0.25) is 0 Å². The van der Waals surface area contributed by atoms with Gasteiger partial charge in [0.15, 0.2) is 23.4 Å². The van der Waals surface area contributed by atoms with Gasteiger partial charge in [-0.05, 0) is 43.7 Å². The molecule has 2 heterocycles. The Bertz CT molecular complexity index is 908. The fourth-order valence-electron chi connectivity index (χ4n) is 6.63. The number of benzene rings is 1. The molecule has 5 aliphatic rings. The van der Waals surface area contributed by atoms with Gasteiger partial charge < -0.3 is 19.5 Å². The molecule has 1 spiro atoms. The minimum absolute atomic E-state index is 0.0493. The third kappa shape index (κ3) is 1.70. The molecule has 28 heavy (non-hydrogen) atoms. The van der Waals surface area contributed by atoms with Crippen LogP contribution in [0, 0.1) is 5.92 Å². The van der Waals surface area contributed by atoms with Crippen molar-refractivity contribution in [1.29, 1.82) is 0 Å². The molecule has 6 heteroatoms. The first-order chi connectivity index (χ1) is 13.5. The fourth-order valence-corrected chi connectivity index (χ4v) is 6.63. The van der Waals surface area contributed by atoms with Gasteiger partial charge in [0.1, 0.15) is 0 Å². The van der Waals surface area contributed by atoms with E-state index in [0.717, 1.165) is 30.4 Å². The van der Waals surface area contributed by atoms with E-state index in [-0.39, 0.29) is 30.1 Å². The molecule has 1 aromatic carbocycles. The van der Waals surface area contributed by atoms with Crippen molar-refractivity contribution in [2.45, 2.75) is 68.1 Å². The molecule has 3 aliphatic carbocycles. The van der Waals surface area contributed by atoms with Crippen LogP contribution in [0.5, 0.6) is 11.5 Å². The second-order valence-corrected chi connectivity index (χ2v) is 9.12. The summed E-state index contributed by atoms with van der Waals surface area (Å²) >= 11 is 0. The molecule has 3 fully saturated rings. The van der Waals surface area contributed by atoms with Crippen LogP contribution < -0.4 is 9.47 Å². The van der Waals surface area contributed by atoms with E-state index in [4.69, 9.17) is 9.47 Å². The first-order valence-corrected chi connectivity index (χ1v) is 10.4. The predicted octanol–water partition coefficient (Wildman–Crippen LogP) is 1.75. The van der Waals surface area contributed by atoms with E-state index in [2.05, 4.69) is 0 Å². The van der Waals surface area contributed by atoms with E-state index < -0.39 is 17.1 Å². The first-order valence-electron chi connectivity index (χ1n) is 10.4. The molecule has 1 N–H and O–H groups in total. The normalized spacial score (nSPS) is 37.8. The van der Waals surface area contributed by atoms with Crippen molar-refractivity contribution in [3.05, 3.63) is 23.3 Å². The molecule has 6 rings (SSSR count). The van der Waals surface area contributed by atoms with Gasteiger partial charge in [-0.15, -0.1) is 0 Å². The number of ether oxygens (including phenoxy) is 2. The van der Waals surface area contributed by atoms with Crippen molar-refractivity contribution in [2.75, 3.05) is 13.7 Å². The summed E-state index contributed by atoms with van der Waals surface area (Å²) in [5, 5.41) is 12.1. The van der Waals surface area contributed by atoms with Gasteiger partial charge in [-0.25, -0.2) is 0 Å². The Morgan fingerprint density at radius 3 is 2.86 bits per heavy atom. The Morgan fingerprint density at radius 1 is 1.32 bits per heavy atom. The van der Waals surface area contributed by atoms with Crippen LogP contribution in [0.25, 0.3) is 0 Å². The second-order valence-electron chi connectivity index (χ2n) is 9.12. The highest BCUT2D eigenvalue weighted by molar-refractivity contribution is 5.90. The second kappa shape index (κ2) is 5.29. The number of carbonyl (C=O) groups excluding carboxylic acids is 2. The van der Waals surface area contributed by atoms with Crippen LogP contribution in [-0.4, -0.2) is 53.1 Å². The van der Waals surface area contributed by atoms with Crippen LogP contribution >= 0.6 is 0 Å². The Kier molecular flexibility index (Phi) is 3.18. The molecule has 2 aliphatic heterocycles. The number of carbonyl (C=O) groups is 2. The molecular formula is C22H25NO5. The smallest absolute Gasteiger partial charge is 0.226 e. The average Bonchev–Trinajstić information content (AvgIpc) is 2.98.